The van der Waals surface area contributed by atoms with Gasteiger partial charge in [0.25, 0.3) is 5.91 Å². The number of carbonyl (C=O) groups is 1. The maximum atomic E-state index is 12.2. The molecule has 1 aromatic heterocycles. The molecule has 4 nitrogen and oxygen atoms in total. The molecule has 16 heavy (non-hydrogen) atoms. The highest BCUT2D eigenvalue weighted by molar-refractivity contribution is 5.93. The predicted molar refractivity (Wildman–Crippen MR) is 62.3 cm³/mol. The molecule has 2 heterocycles. The first kappa shape index (κ1) is 11.2. The van der Waals surface area contributed by atoms with Crippen LogP contribution in [-0.4, -0.2) is 33.7 Å². The Morgan fingerprint density at radius 1 is 1.31 bits per heavy atom. The van der Waals surface area contributed by atoms with E-state index < -0.39 is 0 Å². The number of aryl methyl sites for hydroxylation is 1. The van der Waals surface area contributed by atoms with Gasteiger partial charge in [-0.05, 0) is 19.8 Å². The van der Waals surface area contributed by atoms with Crippen LogP contribution >= 0.6 is 0 Å². The van der Waals surface area contributed by atoms with Crippen molar-refractivity contribution in [3.05, 3.63) is 18.0 Å². The predicted octanol–water partition coefficient (Wildman–Crippen LogP) is 1.92. The molecule has 0 bridgehead atoms. The van der Waals surface area contributed by atoms with E-state index in [4.69, 9.17) is 0 Å². The third-order valence-corrected chi connectivity index (χ3v) is 3.10. The zero-order chi connectivity index (χ0) is 11.4. The summed E-state index contributed by atoms with van der Waals surface area (Å²) in [7, 11) is 0. The highest BCUT2D eigenvalue weighted by Gasteiger charge is 2.18. The van der Waals surface area contributed by atoms with E-state index >= 15 is 0 Å². The Bertz CT molecular complexity index is 351. The minimum Gasteiger partial charge on any atom is -0.339 e. The van der Waals surface area contributed by atoms with E-state index in [1.807, 2.05) is 18.0 Å². The smallest absolute Gasteiger partial charge is 0.257 e. The first-order chi connectivity index (χ1) is 7.81. The monoisotopic (exact) mass is 221 g/mol. The van der Waals surface area contributed by atoms with Crippen LogP contribution in [0, 0.1) is 0 Å². The van der Waals surface area contributed by atoms with Crippen LogP contribution in [0.2, 0.25) is 0 Å². The summed E-state index contributed by atoms with van der Waals surface area (Å²) < 4.78 is 1.80. The average molecular weight is 221 g/mol. The van der Waals surface area contributed by atoms with E-state index in [2.05, 4.69) is 5.10 Å². The van der Waals surface area contributed by atoms with E-state index in [9.17, 15) is 4.79 Å². The lowest BCUT2D eigenvalue weighted by atomic mass is 10.2. The lowest BCUT2D eigenvalue weighted by Gasteiger charge is -2.19. The molecule has 1 aromatic rings. The van der Waals surface area contributed by atoms with Gasteiger partial charge < -0.3 is 4.90 Å². The molecule has 88 valence electrons. The highest BCUT2D eigenvalue weighted by atomic mass is 16.2. The van der Waals surface area contributed by atoms with Gasteiger partial charge in [-0.3, -0.25) is 9.48 Å². The van der Waals surface area contributed by atoms with Crippen LogP contribution in [0.4, 0.5) is 0 Å². The zero-order valence-electron chi connectivity index (χ0n) is 9.85. The SMILES string of the molecule is CCn1cc(C(=O)N2CCCCCC2)cn1. The van der Waals surface area contributed by atoms with Crippen LogP contribution in [-0.2, 0) is 6.54 Å². The molecule has 0 atom stereocenters. The summed E-state index contributed by atoms with van der Waals surface area (Å²) in [6.07, 6.45) is 8.28. The Balaban J connectivity index is 2.05. The quantitative estimate of drug-likeness (QED) is 0.765. The summed E-state index contributed by atoms with van der Waals surface area (Å²) in [6.45, 7) is 4.63. The molecular weight excluding hydrogens is 202 g/mol. The summed E-state index contributed by atoms with van der Waals surface area (Å²) in [4.78, 5) is 14.1. The zero-order valence-corrected chi connectivity index (χ0v) is 9.85. The number of hydrogen-bond donors (Lipinski definition) is 0. The van der Waals surface area contributed by atoms with Crippen molar-refractivity contribution in [2.75, 3.05) is 13.1 Å². The first-order valence-electron chi connectivity index (χ1n) is 6.13. The van der Waals surface area contributed by atoms with Gasteiger partial charge in [0.05, 0.1) is 11.8 Å². The number of nitrogens with zero attached hydrogens (tertiary/aromatic N) is 3. The molecule has 1 amide bonds. The van der Waals surface area contributed by atoms with Crippen LogP contribution in [0.3, 0.4) is 0 Å². The Morgan fingerprint density at radius 2 is 2.00 bits per heavy atom. The highest BCUT2D eigenvalue weighted by Crippen LogP contribution is 2.12. The normalized spacial score (nSPS) is 17.2. The number of aromatic nitrogens is 2. The third-order valence-electron chi connectivity index (χ3n) is 3.10. The molecule has 0 aliphatic carbocycles. The maximum Gasteiger partial charge on any atom is 0.257 e. The second kappa shape index (κ2) is 5.14. The summed E-state index contributed by atoms with van der Waals surface area (Å²) in [5, 5.41) is 4.14. The van der Waals surface area contributed by atoms with Gasteiger partial charge >= 0.3 is 0 Å². The second-order valence-corrected chi connectivity index (χ2v) is 4.29. The first-order valence-corrected chi connectivity index (χ1v) is 6.13. The van der Waals surface area contributed by atoms with Crippen molar-refractivity contribution in [2.24, 2.45) is 0 Å². The fourth-order valence-corrected chi connectivity index (χ4v) is 2.10. The van der Waals surface area contributed by atoms with Crippen molar-refractivity contribution < 1.29 is 4.79 Å². The fraction of sp³-hybridized carbons (Fsp3) is 0.667. The van der Waals surface area contributed by atoms with Gasteiger partial charge in [0.1, 0.15) is 0 Å². The lowest BCUT2D eigenvalue weighted by molar-refractivity contribution is 0.0761. The van der Waals surface area contributed by atoms with Crippen molar-refractivity contribution in [1.82, 2.24) is 14.7 Å². The Morgan fingerprint density at radius 3 is 2.56 bits per heavy atom. The summed E-state index contributed by atoms with van der Waals surface area (Å²) in [5.74, 6) is 0.140. The van der Waals surface area contributed by atoms with Gasteiger partial charge in [-0.25, -0.2) is 0 Å². The molecule has 4 heteroatoms. The Kier molecular flexibility index (Phi) is 3.59. The van der Waals surface area contributed by atoms with E-state index in [0.29, 0.717) is 0 Å². The summed E-state index contributed by atoms with van der Waals surface area (Å²) in [6, 6.07) is 0. The van der Waals surface area contributed by atoms with Crippen LogP contribution in [0.5, 0.6) is 0 Å². The molecule has 0 aromatic carbocycles. The molecule has 1 aliphatic heterocycles. The van der Waals surface area contributed by atoms with Gasteiger partial charge in [0.15, 0.2) is 0 Å². The molecular formula is C12H19N3O. The molecule has 0 radical (unpaired) electrons. The van der Waals surface area contributed by atoms with Crippen LogP contribution in [0.15, 0.2) is 12.4 Å². The molecule has 2 rings (SSSR count). The van der Waals surface area contributed by atoms with Gasteiger partial charge in [-0.2, -0.15) is 5.10 Å². The Labute approximate surface area is 96.2 Å². The molecule has 0 spiro atoms. The molecule has 0 saturated carbocycles. The van der Waals surface area contributed by atoms with E-state index in [1.165, 1.54) is 12.8 Å². The van der Waals surface area contributed by atoms with Gasteiger partial charge in [0, 0.05) is 25.8 Å². The van der Waals surface area contributed by atoms with Crippen molar-refractivity contribution in [2.45, 2.75) is 39.2 Å². The van der Waals surface area contributed by atoms with E-state index in [-0.39, 0.29) is 5.91 Å². The average Bonchev–Trinajstić information content (AvgIpc) is 2.62. The summed E-state index contributed by atoms with van der Waals surface area (Å²) >= 11 is 0. The number of hydrogen-bond acceptors (Lipinski definition) is 2. The van der Waals surface area contributed by atoms with Gasteiger partial charge in [0.2, 0.25) is 0 Å². The number of rotatable bonds is 2. The topological polar surface area (TPSA) is 38.1 Å². The van der Waals surface area contributed by atoms with E-state index in [1.54, 1.807) is 10.9 Å². The maximum absolute atomic E-state index is 12.2. The van der Waals surface area contributed by atoms with E-state index in [0.717, 1.165) is 38.0 Å². The fourth-order valence-electron chi connectivity index (χ4n) is 2.10. The molecule has 1 saturated heterocycles. The number of amides is 1. The second-order valence-electron chi connectivity index (χ2n) is 4.29. The molecule has 0 N–H and O–H groups in total. The van der Waals surface area contributed by atoms with Crippen molar-refractivity contribution in [1.29, 1.82) is 0 Å². The van der Waals surface area contributed by atoms with Crippen molar-refractivity contribution in [3.8, 4) is 0 Å². The lowest BCUT2D eigenvalue weighted by Crippen LogP contribution is -2.31. The standard InChI is InChI=1S/C12H19N3O/c1-2-15-10-11(9-13-15)12(16)14-7-5-3-4-6-8-14/h9-10H,2-8H2,1H3. The van der Waals surface area contributed by atoms with Crippen LogP contribution in [0.25, 0.3) is 0 Å². The van der Waals surface area contributed by atoms with Crippen molar-refractivity contribution >= 4 is 5.91 Å². The third kappa shape index (κ3) is 2.43. The minimum absolute atomic E-state index is 0.140. The molecule has 1 aliphatic rings. The minimum atomic E-state index is 0.140. The molecule has 0 unspecified atom stereocenters. The van der Waals surface area contributed by atoms with Crippen LogP contribution < -0.4 is 0 Å². The summed E-state index contributed by atoms with van der Waals surface area (Å²) in [5.41, 5.74) is 0.726. The molecule has 1 fully saturated rings. The van der Waals surface area contributed by atoms with Gasteiger partial charge in [-0.1, -0.05) is 12.8 Å². The largest absolute Gasteiger partial charge is 0.339 e. The van der Waals surface area contributed by atoms with Gasteiger partial charge in [-0.15, -0.1) is 0 Å². The van der Waals surface area contributed by atoms with Crippen molar-refractivity contribution in [3.63, 3.8) is 0 Å². The van der Waals surface area contributed by atoms with Crippen LogP contribution in [0.1, 0.15) is 43.0 Å². The number of likely N-dealkylation sites (tertiary alicyclic amines) is 1. The Hall–Kier alpha value is -1.32. The number of carbonyl (C=O) groups excluding carboxylic acids is 1.